The van der Waals surface area contributed by atoms with Gasteiger partial charge in [0.2, 0.25) is 0 Å². The molecule has 1 saturated heterocycles. The van der Waals surface area contributed by atoms with Crippen molar-refractivity contribution in [2.75, 3.05) is 19.8 Å². The molecule has 102 valence electrons. The van der Waals surface area contributed by atoms with E-state index in [1.165, 1.54) is 25.7 Å². The second-order valence-electron chi connectivity index (χ2n) is 5.45. The number of aliphatic hydroxyl groups is 1. The lowest BCUT2D eigenvalue weighted by Gasteiger charge is -2.24. The van der Waals surface area contributed by atoms with Gasteiger partial charge in [-0.15, -0.1) is 0 Å². The molecule has 1 fully saturated rings. The molecular formula is C14H28O3. The van der Waals surface area contributed by atoms with Gasteiger partial charge < -0.3 is 14.6 Å². The summed E-state index contributed by atoms with van der Waals surface area (Å²) in [6.45, 7) is 6.29. The normalized spacial score (nSPS) is 24.5. The van der Waals surface area contributed by atoms with Gasteiger partial charge in [-0.1, -0.05) is 20.3 Å². The van der Waals surface area contributed by atoms with Crippen molar-refractivity contribution in [2.24, 2.45) is 11.8 Å². The van der Waals surface area contributed by atoms with Crippen LogP contribution in [0.1, 0.15) is 52.4 Å². The van der Waals surface area contributed by atoms with Gasteiger partial charge in [-0.2, -0.15) is 0 Å². The highest BCUT2D eigenvalue weighted by atomic mass is 16.7. The number of rotatable bonds is 8. The first-order valence-corrected chi connectivity index (χ1v) is 7.06. The second-order valence-corrected chi connectivity index (χ2v) is 5.45. The topological polar surface area (TPSA) is 38.7 Å². The monoisotopic (exact) mass is 244 g/mol. The molecule has 1 aliphatic heterocycles. The van der Waals surface area contributed by atoms with Crippen molar-refractivity contribution in [3.05, 3.63) is 0 Å². The van der Waals surface area contributed by atoms with Crippen LogP contribution >= 0.6 is 0 Å². The van der Waals surface area contributed by atoms with Crippen LogP contribution in [-0.4, -0.2) is 31.2 Å². The number of ether oxygens (including phenoxy) is 2. The predicted molar refractivity (Wildman–Crippen MR) is 68.8 cm³/mol. The zero-order valence-corrected chi connectivity index (χ0v) is 11.4. The van der Waals surface area contributed by atoms with Crippen LogP contribution < -0.4 is 0 Å². The Morgan fingerprint density at radius 3 is 2.65 bits per heavy atom. The van der Waals surface area contributed by atoms with Crippen molar-refractivity contribution in [2.45, 2.75) is 58.7 Å². The molecule has 3 atom stereocenters. The smallest absolute Gasteiger partial charge is 0.157 e. The molecule has 1 rings (SSSR count). The third-order valence-corrected chi connectivity index (χ3v) is 3.41. The Labute approximate surface area is 105 Å². The maximum Gasteiger partial charge on any atom is 0.157 e. The molecule has 1 aliphatic rings. The number of hydrogen-bond acceptors (Lipinski definition) is 3. The third kappa shape index (κ3) is 7.02. The van der Waals surface area contributed by atoms with Crippen LogP contribution in [0.2, 0.25) is 0 Å². The molecule has 0 saturated carbocycles. The predicted octanol–water partition coefficient (Wildman–Crippen LogP) is 2.96. The minimum atomic E-state index is 0.0440. The van der Waals surface area contributed by atoms with Gasteiger partial charge >= 0.3 is 0 Å². The summed E-state index contributed by atoms with van der Waals surface area (Å²) in [6, 6.07) is 0. The van der Waals surface area contributed by atoms with E-state index in [4.69, 9.17) is 14.6 Å². The van der Waals surface area contributed by atoms with E-state index >= 15 is 0 Å². The summed E-state index contributed by atoms with van der Waals surface area (Å²) in [5, 5.41) is 8.93. The molecule has 17 heavy (non-hydrogen) atoms. The summed E-state index contributed by atoms with van der Waals surface area (Å²) in [5.74, 6) is 1.02. The Hall–Kier alpha value is -0.120. The summed E-state index contributed by atoms with van der Waals surface area (Å²) in [4.78, 5) is 0. The molecule has 0 aliphatic carbocycles. The van der Waals surface area contributed by atoms with Crippen LogP contribution in [0.25, 0.3) is 0 Å². The van der Waals surface area contributed by atoms with Gasteiger partial charge in [0.25, 0.3) is 0 Å². The maximum absolute atomic E-state index is 8.93. The van der Waals surface area contributed by atoms with Crippen molar-refractivity contribution < 1.29 is 14.6 Å². The highest BCUT2D eigenvalue weighted by molar-refractivity contribution is 4.58. The third-order valence-electron chi connectivity index (χ3n) is 3.41. The van der Waals surface area contributed by atoms with E-state index in [2.05, 4.69) is 13.8 Å². The van der Waals surface area contributed by atoms with Gasteiger partial charge in [-0.05, 0) is 43.9 Å². The molecular weight excluding hydrogens is 216 g/mol. The molecule has 3 heteroatoms. The fraction of sp³-hybridized carbons (Fsp3) is 1.00. The Morgan fingerprint density at radius 1 is 1.24 bits per heavy atom. The van der Waals surface area contributed by atoms with E-state index in [0.29, 0.717) is 18.4 Å². The average Bonchev–Trinajstić information content (AvgIpc) is 2.37. The first kappa shape index (κ1) is 14.9. The van der Waals surface area contributed by atoms with Gasteiger partial charge in [0.05, 0.1) is 6.61 Å². The Kier molecular flexibility index (Phi) is 7.82. The summed E-state index contributed by atoms with van der Waals surface area (Å²) in [6.07, 6.45) is 6.97. The first-order chi connectivity index (χ1) is 8.22. The Bertz CT molecular complexity index is 178. The van der Waals surface area contributed by atoms with Gasteiger partial charge in [-0.25, -0.2) is 0 Å². The number of hydrogen-bond donors (Lipinski definition) is 1. The quantitative estimate of drug-likeness (QED) is 0.713. The van der Waals surface area contributed by atoms with E-state index in [-0.39, 0.29) is 6.29 Å². The summed E-state index contributed by atoms with van der Waals surface area (Å²) >= 11 is 0. The molecule has 0 amide bonds. The lowest BCUT2D eigenvalue weighted by Crippen LogP contribution is -2.24. The lowest BCUT2D eigenvalue weighted by molar-refractivity contribution is -0.168. The zero-order chi connectivity index (χ0) is 12.5. The van der Waals surface area contributed by atoms with Gasteiger partial charge in [0.15, 0.2) is 6.29 Å². The molecule has 1 heterocycles. The largest absolute Gasteiger partial charge is 0.396 e. The molecule has 1 unspecified atom stereocenters. The minimum Gasteiger partial charge on any atom is -0.396 e. The van der Waals surface area contributed by atoms with E-state index < -0.39 is 0 Å². The minimum absolute atomic E-state index is 0.0440. The van der Waals surface area contributed by atoms with Gasteiger partial charge in [0.1, 0.15) is 0 Å². The first-order valence-electron chi connectivity index (χ1n) is 7.06. The fourth-order valence-electron chi connectivity index (χ4n) is 2.10. The van der Waals surface area contributed by atoms with Crippen molar-refractivity contribution in [1.29, 1.82) is 0 Å². The van der Waals surface area contributed by atoms with Crippen LogP contribution in [0.3, 0.4) is 0 Å². The van der Waals surface area contributed by atoms with Crippen molar-refractivity contribution in [3.8, 4) is 0 Å². The zero-order valence-electron chi connectivity index (χ0n) is 11.4. The summed E-state index contributed by atoms with van der Waals surface area (Å²) in [5.41, 5.74) is 0. The Morgan fingerprint density at radius 2 is 2.00 bits per heavy atom. The SMILES string of the molecule is C[C@H](CO)CCC[C@H](C)COC1CCCCO1. The van der Waals surface area contributed by atoms with Crippen molar-refractivity contribution in [1.82, 2.24) is 0 Å². The van der Waals surface area contributed by atoms with Crippen LogP contribution in [-0.2, 0) is 9.47 Å². The Balaban J connectivity index is 1.98. The van der Waals surface area contributed by atoms with Gasteiger partial charge in [-0.3, -0.25) is 0 Å². The molecule has 3 nitrogen and oxygen atoms in total. The molecule has 0 radical (unpaired) electrons. The van der Waals surface area contributed by atoms with Crippen molar-refractivity contribution in [3.63, 3.8) is 0 Å². The molecule has 0 bridgehead atoms. The molecule has 0 spiro atoms. The molecule has 0 aromatic heterocycles. The molecule has 0 aromatic carbocycles. The van der Waals surface area contributed by atoms with Crippen LogP contribution in [0.4, 0.5) is 0 Å². The molecule has 1 N–H and O–H groups in total. The maximum atomic E-state index is 8.93. The standard InChI is InChI=1S/C14H28O3/c1-12(10-15)6-5-7-13(2)11-17-14-8-3-4-9-16-14/h12-15H,3-11H2,1-2H3/t12-,13-,14?/m0/s1. The molecule has 0 aromatic rings. The summed E-state index contributed by atoms with van der Waals surface area (Å²) < 4.78 is 11.3. The van der Waals surface area contributed by atoms with E-state index in [1.54, 1.807) is 0 Å². The highest BCUT2D eigenvalue weighted by Crippen LogP contribution is 2.17. The fourth-order valence-corrected chi connectivity index (χ4v) is 2.10. The van der Waals surface area contributed by atoms with E-state index in [1.807, 2.05) is 0 Å². The van der Waals surface area contributed by atoms with Gasteiger partial charge in [0, 0.05) is 13.2 Å². The van der Waals surface area contributed by atoms with E-state index in [9.17, 15) is 0 Å². The number of aliphatic hydroxyl groups excluding tert-OH is 1. The van der Waals surface area contributed by atoms with Crippen LogP contribution in [0.15, 0.2) is 0 Å². The van der Waals surface area contributed by atoms with Crippen molar-refractivity contribution >= 4 is 0 Å². The van der Waals surface area contributed by atoms with Crippen LogP contribution in [0.5, 0.6) is 0 Å². The second kappa shape index (κ2) is 8.90. The average molecular weight is 244 g/mol. The highest BCUT2D eigenvalue weighted by Gasteiger charge is 2.15. The summed E-state index contributed by atoms with van der Waals surface area (Å²) in [7, 11) is 0. The van der Waals surface area contributed by atoms with Crippen LogP contribution in [0, 0.1) is 11.8 Å². The lowest BCUT2D eigenvalue weighted by atomic mass is 10.00. The van der Waals surface area contributed by atoms with E-state index in [0.717, 1.165) is 26.1 Å².